The molecule has 0 spiro atoms. The van der Waals surface area contributed by atoms with Crippen LogP contribution in [-0.2, 0) is 9.53 Å². The quantitative estimate of drug-likeness (QED) is 0.780. The Balaban J connectivity index is 1.61. The summed E-state index contributed by atoms with van der Waals surface area (Å²) in [5.41, 5.74) is 2.04. The number of nitrogens with one attached hydrogen (secondary N) is 2. The van der Waals surface area contributed by atoms with Crippen LogP contribution in [0.2, 0.25) is 0 Å². The highest BCUT2D eigenvalue weighted by molar-refractivity contribution is 5.80. The Morgan fingerprint density at radius 1 is 1.38 bits per heavy atom. The first-order chi connectivity index (χ1) is 11.7. The smallest absolute Gasteiger partial charge is 0.249 e. The van der Waals surface area contributed by atoms with E-state index in [0.717, 1.165) is 23.5 Å². The molecule has 128 valence electrons. The van der Waals surface area contributed by atoms with Gasteiger partial charge in [-0.3, -0.25) is 4.79 Å². The van der Waals surface area contributed by atoms with E-state index in [2.05, 4.69) is 15.3 Å². The topological polar surface area (TPSA) is 67.0 Å². The van der Waals surface area contributed by atoms with E-state index in [4.69, 9.17) is 4.74 Å². The van der Waals surface area contributed by atoms with E-state index in [1.165, 1.54) is 12.8 Å². The van der Waals surface area contributed by atoms with E-state index in [1.54, 1.807) is 0 Å². The average Bonchev–Trinajstić information content (AvgIpc) is 3.32. The lowest BCUT2D eigenvalue weighted by molar-refractivity contribution is -0.132. The van der Waals surface area contributed by atoms with Gasteiger partial charge in [-0.25, -0.2) is 4.98 Å². The van der Waals surface area contributed by atoms with E-state index in [0.29, 0.717) is 12.5 Å². The summed E-state index contributed by atoms with van der Waals surface area (Å²) < 4.78 is 5.64. The average molecular weight is 327 g/mol. The molecule has 5 nitrogen and oxygen atoms in total. The van der Waals surface area contributed by atoms with Crippen LogP contribution in [0.25, 0.3) is 11.3 Å². The van der Waals surface area contributed by atoms with Crippen LogP contribution >= 0.6 is 0 Å². The Morgan fingerprint density at radius 2 is 2.12 bits per heavy atom. The summed E-state index contributed by atoms with van der Waals surface area (Å²) in [6, 6.07) is 9.90. The fourth-order valence-electron chi connectivity index (χ4n) is 2.57. The second-order valence-corrected chi connectivity index (χ2v) is 6.44. The monoisotopic (exact) mass is 327 g/mol. The number of ether oxygens (including phenoxy) is 1. The lowest BCUT2D eigenvalue weighted by Gasteiger charge is -2.18. The van der Waals surface area contributed by atoms with E-state index < -0.39 is 6.10 Å². The molecule has 1 amide bonds. The van der Waals surface area contributed by atoms with Crippen LogP contribution in [0.4, 0.5) is 0 Å². The molecule has 1 aromatic heterocycles. The van der Waals surface area contributed by atoms with Gasteiger partial charge in [0.05, 0.1) is 24.5 Å². The van der Waals surface area contributed by atoms with E-state index in [1.807, 2.05) is 50.4 Å². The Morgan fingerprint density at radius 3 is 2.79 bits per heavy atom. The van der Waals surface area contributed by atoms with Gasteiger partial charge in [0.15, 0.2) is 0 Å². The fraction of sp³-hybridized carbons (Fsp3) is 0.474. The van der Waals surface area contributed by atoms with Gasteiger partial charge in [0.2, 0.25) is 5.91 Å². The molecule has 1 aromatic carbocycles. The number of benzene rings is 1. The number of aromatic amines is 1. The molecule has 5 heteroatoms. The van der Waals surface area contributed by atoms with Crippen molar-refractivity contribution in [3.05, 3.63) is 42.4 Å². The number of hydrogen-bond acceptors (Lipinski definition) is 3. The third kappa shape index (κ3) is 4.23. The maximum absolute atomic E-state index is 12.3. The third-order valence-electron chi connectivity index (χ3n) is 4.38. The first-order valence-electron chi connectivity index (χ1n) is 8.69. The van der Waals surface area contributed by atoms with Gasteiger partial charge in [-0.2, -0.15) is 0 Å². The summed E-state index contributed by atoms with van der Waals surface area (Å²) >= 11 is 0. The van der Waals surface area contributed by atoms with Crippen molar-refractivity contribution in [3.8, 4) is 11.3 Å². The lowest BCUT2D eigenvalue weighted by Crippen LogP contribution is -2.37. The summed E-state index contributed by atoms with van der Waals surface area (Å²) in [7, 11) is 0. The van der Waals surface area contributed by atoms with Gasteiger partial charge in [0, 0.05) is 0 Å². The zero-order valence-corrected chi connectivity index (χ0v) is 14.3. The molecule has 1 aliphatic rings. The predicted octanol–water partition coefficient (Wildman–Crippen LogP) is 3.46. The number of rotatable bonds is 8. The standard InChI is InChI=1S/C19H25N3O2/c1-3-16(22-19(23)13(2)24-12-14-9-10-14)18-20-11-17(21-18)15-7-5-4-6-8-15/h4-8,11,13-14,16H,3,9-10,12H2,1-2H3,(H,20,21)(H,22,23)/t13-,16+/m1/s1. The van der Waals surface area contributed by atoms with E-state index in [-0.39, 0.29) is 11.9 Å². The summed E-state index contributed by atoms with van der Waals surface area (Å²) in [5.74, 6) is 1.35. The highest BCUT2D eigenvalue weighted by Gasteiger charge is 2.25. The molecule has 24 heavy (non-hydrogen) atoms. The molecule has 2 aromatic rings. The van der Waals surface area contributed by atoms with Gasteiger partial charge in [-0.15, -0.1) is 0 Å². The van der Waals surface area contributed by atoms with Gasteiger partial charge in [-0.05, 0) is 37.7 Å². The minimum Gasteiger partial charge on any atom is -0.368 e. The highest BCUT2D eigenvalue weighted by atomic mass is 16.5. The summed E-state index contributed by atoms with van der Waals surface area (Å²) in [5, 5.41) is 3.03. The zero-order chi connectivity index (χ0) is 16.9. The van der Waals surface area contributed by atoms with Crippen LogP contribution in [0.15, 0.2) is 36.5 Å². The van der Waals surface area contributed by atoms with E-state index in [9.17, 15) is 4.79 Å². The molecule has 1 saturated carbocycles. The third-order valence-corrected chi connectivity index (χ3v) is 4.38. The van der Waals surface area contributed by atoms with E-state index >= 15 is 0 Å². The van der Waals surface area contributed by atoms with Crippen LogP contribution in [0, 0.1) is 5.92 Å². The van der Waals surface area contributed by atoms with Crippen molar-refractivity contribution >= 4 is 5.91 Å². The fourth-order valence-corrected chi connectivity index (χ4v) is 2.57. The van der Waals surface area contributed by atoms with Crippen molar-refractivity contribution in [2.45, 2.75) is 45.3 Å². The predicted molar refractivity (Wildman–Crippen MR) is 93.3 cm³/mol. The number of H-pyrrole nitrogens is 1. The summed E-state index contributed by atoms with van der Waals surface area (Å²) in [6.07, 6.45) is 4.60. The number of amides is 1. The number of nitrogens with zero attached hydrogens (tertiary/aromatic N) is 1. The van der Waals surface area contributed by atoms with Gasteiger partial charge in [0.1, 0.15) is 11.9 Å². The van der Waals surface area contributed by atoms with Crippen LogP contribution in [0.1, 0.15) is 45.0 Å². The van der Waals surface area contributed by atoms with Gasteiger partial charge in [-0.1, -0.05) is 37.3 Å². The van der Waals surface area contributed by atoms with Crippen LogP contribution in [0.3, 0.4) is 0 Å². The maximum atomic E-state index is 12.3. The number of aromatic nitrogens is 2. The molecular formula is C19H25N3O2. The van der Waals surface area contributed by atoms with Crippen molar-refractivity contribution in [1.29, 1.82) is 0 Å². The van der Waals surface area contributed by atoms with Gasteiger partial charge >= 0.3 is 0 Å². The van der Waals surface area contributed by atoms with Crippen molar-refractivity contribution in [1.82, 2.24) is 15.3 Å². The normalized spacial score (nSPS) is 16.6. The Labute approximate surface area is 142 Å². The number of carbonyl (C=O) groups is 1. The molecule has 0 bridgehead atoms. The highest BCUT2D eigenvalue weighted by Crippen LogP contribution is 2.29. The van der Waals surface area contributed by atoms with Gasteiger partial charge in [0.25, 0.3) is 0 Å². The second kappa shape index (κ2) is 7.62. The SMILES string of the molecule is CC[C@H](NC(=O)[C@@H](C)OCC1CC1)c1ncc(-c2ccccc2)[nH]1. The minimum atomic E-state index is -0.428. The second-order valence-electron chi connectivity index (χ2n) is 6.44. The van der Waals surface area contributed by atoms with Crippen LogP contribution in [0.5, 0.6) is 0 Å². The molecule has 2 N–H and O–H groups in total. The Bertz CT molecular complexity index is 664. The maximum Gasteiger partial charge on any atom is 0.249 e. The first-order valence-corrected chi connectivity index (χ1v) is 8.69. The molecular weight excluding hydrogens is 302 g/mol. The van der Waals surface area contributed by atoms with Crippen molar-refractivity contribution in [2.75, 3.05) is 6.61 Å². The van der Waals surface area contributed by atoms with Crippen LogP contribution in [-0.4, -0.2) is 28.6 Å². The number of hydrogen-bond donors (Lipinski definition) is 2. The van der Waals surface area contributed by atoms with Crippen molar-refractivity contribution < 1.29 is 9.53 Å². The summed E-state index contributed by atoms with van der Waals surface area (Å²) in [4.78, 5) is 20.1. The van der Waals surface area contributed by atoms with Crippen molar-refractivity contribution in [2.24, 2.45) is 5.92 Å². The first kappa shape index (κ1) is 16.7. The lowest BCUT2D eigenvalue weighted by atomic mass is 10.2. The summed E-state index contributed by atoms with van der Waals surface area (Å²) in [6.45, 7) is 4.53. The minimum absolute atomic E-state index is 0.0832. The zero-order valence-electron chi connectivity index (χ0n) is 14.3. The molecule has 1 fully saturated rings. The molecule has 2 atom stereocenters. The largest absolute Gasteiger partial charge is 0.368 e. The van der Waals surface area contributed by atoms with Gasteiger partial charge < -0.3 is 15.0 Å². The molecule has 1 heterocycles. The molecule has 0 aliphatic heterocycles. The molecule has 0 radical (unpaired) electrons. The Kier molecular flexibility index (Phi) is 5.30. The number of carbonyl (C=O) groups excluding carboxylic acids is 1. The van der Waals surface area contributed by atoms with Crippen LogP contribution < -0.4 is 5.32 Å². The molecule has 3 rings (SSSR count). The molecule has 1 aliphatic carbocycles. The molecule has 0 saturated heterocycles. The molecule has 0 unspecified atom stereocenters. The number of imidazole rings is 1. The Hall–Kier alpha value is -2.14. The van der Waals surface area contributed by atoms with Crippen molar-refractivity contribution in [3.63, 3.8) is 0 Å².